The van der Waals surface area contributed by atoms with E-state index in [4.69, 9.17) is 4.74 Å². The highest BCUT2D eigenvalue weighted by molar-refractivity contribution is 6.01. The summed E-state index contributed by atoms with van der Waals surface area (Å²) in [6, 6.07) is 6.59. The van der Waals surface area contributed by atoms with Gasteiger partial charge in [-0.1, -0.05) is 18.2 Å². The first-order valence-corrected chi connectivity index (χ1v) is 10.5. The van der Waals surface area contributed by atoms with Crippen molar-refractivity contribution >= 4 is 22.9 Å². The van der Waals surface area contributed by atoms with Gasteiger partial charge in [-0.25, -0.2) is 19.2 Å². The van der Waals surface area contributed by atoms with Crippen LogP contribution in [0.4, 0.5) is 15.0 Å². The molecule has 0 radical (unpaired) electrons. The largest absolute Gasteiger partial charge is 0.444 e. The number of amides is 1. The number of piperazine rings is 1. The number of hydrogen-bond donors (Lipinski definition) is 1. The molecule has 8 heteroatoms. The minimum Gasteiger partial charge on any atom is -0.444 e. The summed E-state index contributed by atoms with van der Waals surface area (Å²) in [5, 5.41) is 0.775. The molecule has 1 amide bonds. The first-order chi connectivity index (χ1) is 14.7. The minimum absolute atomic E-state index is 0.00908. The summed E-state index contributed by atoms with van der Waals surface area (Å²) in [5.41, 5.74) is 1.32. The summed E-state index contributed by atoms with van der Waals surface area (Å²) in [7, 11) is 0. The summed E-state index contributed by atoms with van der Waals surface area (Å²) >= 11 is 0. The normalized spacial score (nSPS) is 19.7. The molecule has 2 aromatic heterocycles. The second kappa shape index (κ2) is 7.83. The number of aromatic nitrogens is 3. The van der Waals surface area contributed by atoms with Gasteiger partial charge in [-0.2, -0.15) is 0 Å². The SMILES string of the molecule is CC1CN(c2ncnc3[nH]cc(-c4ccccc4F)c23)C(C)CN1C(=O)OC(C)(C)C. The van der Waals surface area contributed by atoms with Crippen molar-refractivity contribution in [2.24, 2.45) is 0 Å². The summed E-state index contributed by atoms with van der Waals surface area (Å²) in [6.07, 6.45) is 2.97. The van der Waals surface area contributed by atoms with Crippen LogP contribution < -0.4 is 4.90 Å². The number of benzene rings is 1. The highest BCUT2D eigenvalue weighted by Gasteiger charge is 2.36. The molecule has 31 heavy (non-hydrogen) atoms. The Kier molecular flexibility index (Phi) is 5.33. The van der Waals surface area contributed by atoms with Gasteiger partial charge in [0.1, 0.15) is 29.2 Å². The summed E-state index contributed by atoms with van der Waals surface area (Å²) in [5.74, 6) is 0.432. The highest BCUT2D eigenvalue weighted by Crippen LogP contribution is 2.36. The van der Waals surface area contributed by atoms with E-state index >= 15 is 0 Å². The molecule has 2 atom stereocenters. The van der Waals surface area contributed by atoms with Crippen LogP contribution in [-0.4, -0.2) is 56.7 Å². The molecule has 1 aliphatic heterocycles. The zero-order valence-corrected chi connectivity index (χ0v) is 18.5. The molecule has 1 aliphatic rings. The van der Waals surface area contributed by atoms with Crippen LogP contribution in [0, 0.1) is 5.82 Å². The number of hydrogen-bond acceptors (Lipinski definition) is 5. The lowest BCUT2D eigenvalue weighted by atomic mass is 10.0. The maximum atomic E-state index is 14.5. The molecule has 2 unspecified atom stereocenters. The van der Waals surface area contributed by atoms with E-state index in [-0.39, 0.29) is 24.0 Å². The standard InChI is InChI=1S/C23H28FN5O2/c1-14-12-29(22(30)31-23(3,4)5)15(2)11-28(14)21-19-17(10-25-20(19)26-13-27-21)16-8-6-7-9-18(16)24/h6-10,13-15H,11-12H2,1-5H3,(H,25,26,27). The molecule has 3 aromatic rings. The number of carbonyl (C=O) groups is 1. The molecule has 0 aliphatic carbocycles. The van der Waals surface area contributed by atoms with E-state index in [9.17, 15) is 9.18 Å². The highest BCUT2D eigenvalue weighted by atomic mass is 19.1. The van der Waals surface area contributed by atoms with Crippen molar-refractivity contribution in [2.75, 3.05) is 18.0 Å². The summed E-state index contributed by atoms with van der Waals surface area (Å²) in [4.78, 5) is 28.7. The molecule has 0 saturated carbocycles. The Morgan fingerprint density at radius 1 is 1.13 bits per heavy atom. The Hall–Kier alpha value is -3.16. The van der Waals surface area contributed by atoms with Crippen molar-refractivity contribution in [3.05, 3.63) is 42.6 Å². The van der Waals surface area contributed by atoms with Crippen LogP contribution >= 0.6 is 0 Å². The van der Waals surface area contributed by atoms with E-state index < -0.39 is 5.60 Å². The number of rotatable bonds is 2. The van der Waals surface area contributed by atoms with E-state index in [1.165, 1.54) is 12.4 Å². The lowest BCUT2D eigenvalue weighted by molar-refractivity contribution is 0.0130. The van der Waals surface area contributed by atoms with Crippen molar-refractivity contribution < 1.29 is 13.9 Å². The number of aromatic amines is 1. The lowest BCUT2D eigenvalue weighted by Gasteiger charge is -2.44. The van der Waals surface area contributed by atoms with Crippen molar-refractivity contribution in [3.8, 4) is 11.1 Å². The maximum Gasteiger partial charge on any atom is 0.410 e. The number of anilines is 1. The quantitative estimate of drug-likeness (QED) is 0.650. The van der Waals surface area contributed by atoms with Crippen LogP contribution in [0.15, 0.2) is 36.8 Å². The lowest BCUT2D eigenvalue weighted by Crippen LogP contribution is -2.59. The summed E-state index contributed by atoms with van der Waals surface area (Å²) < 4.78 is 20.1. The maximum absolute atomic E-state index is 14.5. The molecule has 0 spiro atoms. The second-order valence-corrected chi connectivity index (χ2v) is 9.09. The number of halogens is 1. The van der Waals surface area contributed by atoms with Crippen LogP contribution in [-0.2, 0) is 4.74 Å². The van der Waals surface area contributed by atoms with E-state index in [2.05, 4.69) is 19.9 Å². The number of H-pyrrole nitrogens is 1. The van der Waals surface area contributed by atoms with Crippen LogP contribution in [0.3, 0.4) is 0 Å². The third kappa shape index (κ3) is 4.06. The number of nitrogens with zero attached hydrogens (tertiary/aromatic N) is 4. The van der Waals surface area contributed by atoms with Gasteiger partial charge in [-0.05, 0) is 40.7 Å². The molecule has 164 valence electrons. The molecule has 1 fully saturated rings. The van der Waals surface area contributed by atoms with Crippen molar-refractivity contribution in [2.45, 2.75) is 52.3 Å². The van der Waals surface area contributed by atoms with Gasteiger partial charge in [-0.15, -0.1) is 0 Å². The van der Waals surface area contributed by atoms with Crippen LogP contribution in [0.1, 0.15) is 34.6 Å². The molecule has 1 aromatic carbocycles. The molecule has 1 saturated heterocycles. The molecule has 4 rings (SSSR count). The van der Waals surface area contributed by atoms with Crippen LogP contribution in [0.5, 0.6) is 0 Å². The number of carbonyl (C=O) groups excluding carboxylic acids is 1. The summed E-state index contributed by atoms with van der Waals surface area (Å²) in [6.45, 7) is 10.7. The number of ether oxygens (including phenoxy) is 1. The Morgan fingerprint density at radius 3 is 2.58 bits per heavy atom. The first kappa shape index (κ1) is 21.1. The van der Waals surface area contributed by atoms with Gasteiger partial charge in [0.2, 0.25) is 0 Å². The van der Waals surface area contributed by atoms with Crippen molar-refractivity contribution in [1.82, 2.24) is 19.9 Å². The van der Waals surface area contributed by atoms with Gasteiger partial charge in [0.05, 0.1) is 5.39 Å². The Morgan fingerprint density at radius 2 is 1.87 bits per heavy atom. The average molecular weight is 426 g/mol. The zero-order chi connectivity index (χ0) is 22.3. The molecule has 3 heterocycles. The molecular formula is C23H28FN5O2. The molecular weight excluding hydrogens is 397 g/mol. The monoisotopic (exact) mass is 425 g/mol. The zero-order valence-electron chi connectivity index (χ0n) is 18.5. The number of nitrogens with one attached hydrogen (secondary N) is 1. The fourth-order valence-electron chi connectivity index (χ4n) is 4.05. The van der Waals surface area contributed by atoms with Gasteiger partial charge in [0.15, 0.2) is 0 Å². The third-order valence-electron chi connectivity index (χ3n) is 5.50. The number of fused-ring (bicyclic) bond motifs is 1. The van der Waals surface area contributed by atoms with Crippen molar-refractivity contribution in [1.29, 1.82) is 0 Å². The van der Waals surface area contributed by atoms with E-state index in [1.54, 1.807) is 23.2 Å². The van der Waals surface area contributed by atoms with Gasteiger partial charge in [0.25, 0.3) is 0 Å². The van der Waals surface area contributed by atoms with Crippen molar-refractivity contribution in [3.63, 3.8) is 0 Å². The molecule has 1 N–H and O–H groups in total. The van der Waals surface area contributed by atoms with Crippen LogP contribution in [0.25, 0.3) is 22.2 Å². The smallest absolute Gasteiger partial charge is 0.410 e. The fraction of sp³-hybridized carbons (Fsp3) is 0.435. The van der Waals surface area contributed by atoms with Gasteiger partial charge in [-0.3, -0.25) is 0 Å². The van der Waals surface area contributed by atoms with E-state index in [1.807, 2.05) is 40.7 Å². The molecule has 0 bridgehead atoms. The average Bonchev–Trinajstić information content (AvgIpc) is 3.12. The minimum atomic E-state index is -0.546. The van der Waals surface area contributed by atoms with E-state index in [0.717, 1.165) is 16.8 Å². The Labute approximate surface area is 181 Å². The third-order valence-corrected chi connectivity index (χ3v) is 5.50. The molecule has 7 nitrogen and oxygen atoms in total. The topological polar surface area (TPSA) is 74.4 Å². The van der Waals surface area contributed by atoms with Crippen LogP contribution in [0.2, 0.25) is 0 Å². The Balaban J connectivity index is 1.69. The fourth-order valence-corrected chi connectivity index (χ4v) is 4.05. The Bertz CT molecular complexity index is 1110. The second-order valence-electron chi connectivity index (χ2n) is 9.09. The van der Waals surface area contributed by atoms with Gasteiger partial charge >= 0.3 is 6.09 Å². The predicted octanol–water partition coefficient (Wildman–Crippen LogP) is 4.60. The van der Waals surface area contributed by atoms with E-state index in [0.29, 0.717) is 24.3 Å². The van der Waals surface area contributed by atoms with Gasteiger partial charge in [0, 0.05) is 42.5 Å². The predicted molar refractivity (Wildman–Crippen MR) is 118 cm³/mol. The van der Waals surface area contributed by atoms with Gasteiger partial charge < -0.3 is 19.5 Å². The first-order valence-electron chi connectivity index (χ1n) is 10.5.